The fourth-order valence-corrected chi connectivity index (χ4v) is 3.33. The van der Waals surface area contributed by atoms with Gasteiger partial charge >= 0.3 is 0 Å². The smallest absolute Gasteiger partial charge is 0.246 e. The van der Waals surface area contributed by atoms with E-state index in [9.17, 15) is 4.79 Å². The Morgan fingerprint density at radius 3 is 2.66 bits per heavy atom. The van der Waals surface area contributed by atoms with Gasteiger partial charge in [-0.1, -0.05) is 23.7 Å². The van der Waals surface area contributed by atoms with E-state index in [4.69, 9.17) is 26.3 Å². The van der Waals surface area contributed by atoms with Gasteiger partial charge in [0.05, 0.1) is 7.11 Å². The molecule has 0 bridgehead atoms. The van der Waals surface area contributed by atoms with Gasteiger partial charge in [-0.2, -0.15) is 5.26 Å². The molecule has 0 N–H and O–H groups in total. The number of anilines is 1. The van der Waals surface area contributed by atoms with Gasteiger partial charge in [0.15, 0.2) is 18.1 Å². The fourth-order valence-electron chi connectivity index (χ4n) is 3.15. The van der Waals surface area contributed by atoms with Gasteiger partial charge in [-0.05, 0) is 42.0 Å². The van der Waals surface area contributed by atoms with Crippen molar-refractivity contribution in [3.8, 4) is 17.6 Å². The minimum Gasteiger partial charge on any atom is -0.493 e. The third-order valence-corrected chi connectivity index (χ3v) is 4.90. The van der Waals surface area contributed by atoms with Crippen LogP contribution in [0.2, 0.25) is 5.02 Å². The molecule has 1 saturated heterocycles. The molecule has 1 fully saturated rings. The Bertz CT molecular complexity index is 931. The Morgan fingerprint density at radius 1 is 1.17 bits per heavy atom. The molecule has 2 aromatic rings. The molecule has 1 aliphatic heterocycles. The Morgan fingerprint density at radius 2 is 1.97 bits per heavy atom. The molecule has 0 radical (unpaired) electrons. The standard InChI is InChI=1S/C22H22ClN3O3/c1-28-21-15-17(5-7-20(21)29-14-9-24)6-8-22(27)26-12-10-25(11-13-26)19-4-2-3-18(23)16-19/h2-8,15-16H,10-14H2,1H3/b8-6+. The normalized spacial score (nSPS) is 14.0. The van der Waals surface area contributed by atoms with Crippen molar-refractivity contribution in [3.63, 3.8) is 0 Å². The molecule has 1 heterocycles. The van der Waals surface area contributed by atoms with Gasteiger partial charge in [-0.3, -0.25) is 4.79 Å². The summed E-state index contributed by atoms with van der Waals surface area (Å²) in [6.07, 6.45) is 3.32. The number of hydrogen-bond donors (Lipinski definition) is 0. The first-order valence-electron chi connectivity index (χ1n) is 9.26. The van der Waals surface area contributed by atoms with Crippen molar-refractivity contribution in [1.29, 1.82) is 5.26 Å². The van der Waals surface area contributed by atoms with E-state index in [2.05, 4.69) is 4.90 Å². The van der Waals surface area contributed by atoms with Crippen LogP contribution in [0.3, 0.4) is 0 Å². The lowest BCUT2D eigenvalue weighted by Gasteiger charge is -2.35. The third kappa shape index (κ3) is 5.43. The number of carbonyl (C=O) groups is 1. The Balaban J connectivity index is 1.58. The zero-order valence-corrected chi connectivity index (χ0v) is 16.9. The highest BCUT2D eigenvalue weighted by atomic mass is 35.5. The summed E-state index contributed by atoms with van der Waals surface area (Å²) in [6.45, 7) is 2.78. The Hall–Kier alpha value is -3.17. The molecule has 0 unspecified atom stereocenters. The summed E-state index contributed by atoms with van der Waals surface area (Å²) >= 11 is 6.07. The van der Waals surface area contributed by atoms with Crippen molar-refractivity contribution in [2.45, 2.75) is 0 Å². The SMILES string of the molecule is COc1cc(/C=C/C(=O)N2CCN(c3cccc(Cl)c3)CC2)ccc1OCC#N. The van der Waals surface area contributed by atoms with Crippen LogP contribution in [-0.2, 0) is 4.79 Å². The summed E-state index contributed by atoms with van der Waals surface area (Å²) in [6, 6.07) is 15.0. The van der Waals surface area contributed by atoms with Gasteiger partial charge < -0.3 is 19.3 Å². The quantitative estimate of drug-likeness (QED) is 0.679. The number of halogens is 1. The highest BCUT2D eigenvalue weighted by molar-refractivity contribution is 6.30. The number of amides is 1. The molecule has 1 aliphatic rings. The number of benzene rings is 2. The van der Waals surface area contributed by atoms with Gasteiger partial charge in [0.2, 0.25) is 5.91 Å². The van der Waals surface area contributed by atoms with E-state index in [0.29, 0.717) is 29.6 Å². The van der Waals surface area contributed by atoms with Gasteiger partial charge in [0.1, 0.15) is 6.07 Å². The van der Waals surface area contributed by atoms with Gasteiger partial charge in [0.25, 0.3) is 0 Å². The maximum absolute atomic E-state index is 12.5. The summed E-state index contributed by atoms with van der Waals surface area (Å²) in [5.74, 6) is 0.985. The number of carbonyl (C=O) groups excluding carboxylic acids is 1. The molecule has 29 heavy (non-hydrogen) atoms. The predicted molar refractivity (Wildman–Crippen MR) is 113 cm³/mol. The first kappa shape index (κ1) is 20.6. The molecule has 0 aliphatic carbocycles. The summed E-state index contributed by atoms with van der Waals surface area (Å²) in [5, 5.41) is 9.34. The zero-order valence-electron chi connectivity index (χ0n) is 16.2. The summed E-state index contributed by atoms with van der Waals surface area (Å²) in [5.41, 5.74) is 1.89. The van der Waals surface area contributed by atoms with E-state index >= 15 is 0 Å². The molecule has 3 rings (SSSR count). The largest absolute Gasteiger partial charge is 0.493 e. The molecule has 150 valence electrons. The topological polar surface area (TPSA) is 65.8 Å². The third-order valence-electron chi connectivity index (χ3n) is 4.66. The van der Waals surface area contributed by atoms with Crippen molar-refractivity contribution in [1.82, 2.24) is 4.90 Å². The maximum atomic E-state index is 12.5. The average Bonchev–Trinajstić information content (AvgIpc) is 2.76. The first-order valence-corrected chi connectivity index (χ1v) is 9.64. The van der Waals surface area contributed by atoms with Crippen LogP contribution in [0.5, 0.6) is 11.5 Å². The van der Waals surface area contributed by atoms with Crippen LogP contribution in [0.25, 0.3) is 6.08 Å². The van der Waals surface area contributed by atoms with Crippen molar-refractivity contribution >= 4 is 29.3 Å². The molecule has 0 spiro atoms. The number of rotatable bonds is 6. The van der Waals surface area contributed by atoms with E-state index in [0.717, 1.165) is 24.3 Å². The second kappa shape index (κ2) is 9.85. The molecular formula is C22H22ClN3O3. The minimum absolute atomic E-state index is 0.0282. The Kier molecular flexibility index (Phi) is 6.99. The molecule has 2 aromatic carbocycles. The van der Waals surface area contributed by atoms with E-state index in [-0.39, 0.29) is 12.5 Å². The van der Waals surface area contributed by atoms with Crippen molar-refractivity contribution in [3.05, 3.63) is 59.1 Å². The lowest BCUT2D eigenvalue weighted by molar-refractivity contribution is -0.126. The predicted octanol–water partition coefficient (Wildman–Crippen LogP) is 3.61. The van der Waals surface area contributed by atoms with E-state index in [1.54, 1.807) is 24.3 Å². The van der Waals surface area contributed by atoms with Crippen LogP contribution in [-0.4, -0.2) is 50.7 Å². The van der Waals surface area contributed by atoms with Gasteiger partial charge in [0, 0.05) is 43.0 Å². The molecule has 0 saturated carbocycles. The summed E-state index contributed by atoms with van der Waals surface area (Å²) in [4.78, 5) is 16.6. The number of ether oxygens (including phenoxy) is 2. The van der Waals surface area contributed by atoms with E-state index < -0.39 is 0 Å². The number of piperazine rings is 1. The first-order chi connectivity index (χ1) is 14.1. The van der Waals surface area contributed by atoms with Gasteiger partial charge in [-0.15, -0.1) is 0 Å². The van der Waals surface area contributed by atoms with Crippen molar-refractivity contribution in [2.24, 2.45) is 0 Å². The van der Waals surface area contributed by atoms with Crippen LogP contribution in [0.1, 0.15) is 5.56 Å². The molecule has 0 atom stereocenters. The van der Waals surface area contributed by atoms with Crippen LogP contribution in [0.4, 0.5) is 5.69 Å². The van der Waals surface area contributed by atoms with E-state index in [1.807, 2.05) is 41.3 Å². The number of nitrogens with zero attached hydrogens (tertiary/aromatic N) is 3. The van der Waals surface area contributed by atoms with Gasteiger partial charge in [-0.25, -0.2) is 0 Å². The van der Waals surface area contributed by atoms with Crippen LogP contribution in [0.15, 0.2) is 48.5 Å². The zero-order chi connectivity index (χ0) is 20.6. The van der Waals surface area contributed by atoms with E-state index in [1.165, 1.54) is 7.11 Å². The average molecular weight is 412 g/mol. The maximum Gasteiger partial charge on any atom is 0.246 e. The van der Waals surface area contributed by atoms with Crippen molar-refractivity contribution < 1.29 is 14.3 Å². The number of hydrogen-bond acceptors (Lipinski definition) is 5. The highest BCUT2D eigenvalue weighted by Crippen LogP contribution is 2.28. The minimum atomic E-state index is -0.0504. The second-order valence-corrected chi connectivity index (χ2v) is 6.92. The number of nitriles is 1. The van der Waals surface area contributed by atoms with Crippen LogP contribution >= 0.6 is 11.6 Å². The lowest BCUT2D eigenvalue weighted by atomic mass is 10.1. The lowest BCUT2D eigenvalue weighted by Crippen LogP contribution is -2.48. The Labute approximate surface area is 175 Å². The highest BCUT2D eigenvalue weighted by Gasteiger charge is 2.20. The number of methoxy groups -OCH3 is 1. The monoisotopic (exact) mass is 411 g/mol. The second-order valence-electron chi connectivity index (χ2n) is 6.48. The molecular weight excluding hydrogens is 390 g/mol. The molecule has 7 heteroatoms. The van der Waals surface area contributed by atoms with Crippen molar-refractivity contribution in [2.75, 3.05) is 44.8 Å². The van der Waals surface area contributed by atoms with Crippen LogP contribution < -0.4 is 14.4 Å². The molecule has 1 amide bonds. The summed E-state index contributed by atoms with van der Waals surface area (Å²) < 4.78 is 10.6. The molecule has 6 nitrogen and oxygen atoms in total. The molecule has 0 aromatic heterocycles. The summed E-state index contributed by atoms with van der Waals surface area (Å²) in [7, 11) is 1.53. The fraction of sp³-hybridized carbons (Fsp3) is 0.273. The van der Waals surface area contributed by atoms with Crippen LogP contribution in [0, 0.1) is 11.3 Å².